The molecule has 0 saturated carbocycles. The van der Waals surface area contributed by atoms with E-state index in [0.717, 1.165) is 10.2 Å². The number of hydrogen-bond acceptors (Lipinski definition) is 7. The number of rotatable bonds is 4. The van der Waals surface area contributed by atoms with Gasteiger partial charge in [-0.25, -0.2) is 19.2 Å². The Morgan fingerprint density at radius 2 is 2.20 bits per heavy atom. The highest BCUT2D eigenvalue weighted by molar-refractivity contribution is 7.22. The third-order valence-electron chi connectivity index (χ3n) is 5.10. The number of nitrogens with one attached hydrogen (secondary N) is 1. The first-order valence-corrected chi connectivity index (χ1v) is 10.4. The lowest BCUT2D eigenvalue weighted by Crippen LogP contribution is -2.55. The smallest absolute Gasteiger partial charge is 0.324 e. The number of carbonyl (C=O) groups excluding carboxylic acids is 1. The van der Waals surface area contributed by atoms with E-state index in [0.29, 0.717) is 24.8 Å². The molecule has 0 aliphatic carbocycles. The van der Waals surface area contributed by atoms with Crippen LogP contribution in [0.1, 0.15) is 18.6 Å². The molecule has 3 N–H and O–H groups in total. The lowest BCUT2D eigenvalue weighted by Gasteiger charge is -2.40. The second-order valence-electron chi connectivity index (χ2n) is 7.18. The largest absolute Gasteiger partial charge is 0.393 e. The highest BCUT2D eigenvalue weighted by Crippen LogP contribution is 2.27. The van der Waals surface area contributed by atoms with Gasteiger partial charge in [0.2, 0.25) is 0 Å². The fourth-order valence-corrected chi connectivity index (χ4v) is 4.36. The summed E-state index contributed by atoms with van der Waals surface area (Å²) in [5, 5.41) is 22.0. The number of amides is 2. The van der Waals surface area contributed by atoms with Gasteiger partial charge in [0.15, 0.2) is 16.8 Å². The summed E-state index contributed by atoms with van der Waals surface area (Å²) >= 11 is 1.42. The van der Waals surface area contributed by atoms with E-state index >= 15 is 0 Å². The summed E-state index contributed by atoms with van der Waals surface area (Å²) in [4.78, 5) is 24.8. The number of hydrogen-bond donors (Lipinski definition) is 3. The molecule has 2 aromatic heterocycles. The summed E-state index contributed by atoms with van der Waals surface area (Å²) in [6.07, 6.45) is 0.193. The Labute approximate surface area is 176 Å². The van der Waals surface area contributed by atoms with Crippen LogP contribution < -0.4 is 10.2 Å². The average Bonchev–Trinajstić information content (AvgIpc) is 3.15. The van der Waals surface area contributed by atoms with E-state index in [-0.39, 0.29) is 23.5 Å². The van der Waals surface area contributed by atoms with Gasteiger partial charge in [0.05, 0.1) is 16.8 Å². The summed E-state index contributed by atoms with van der Waals surface area (Å²) < 4.78 is 15.5. The first kappa shape index (κ1) is 20.5. The lowest BCUT2D eigenvalue weighted by atomic mass is 10.1. The van der Waals surface area contributed by atoms with Gasteiger partial charge in [-0.05, 0) is 25.1 Å². The molecule has 4 rings (SSSR count). The van der Waals surface area contributed by atoms with Gasteiger partial charge in [0.1, 0.15) is 6.10 Å². The van der Waals surface area contributed by atoms with Crippen molar-refractivity contribution in [2.24, 2.45) is 0 Å². The first-order chi connectivity index (χ1) is 14.5. The summed E-state index contributed by atoms with van der Waals surface area (Å²) in [6, 6.07) is 8.45. The number of urea groups is 1. The van der Waals surface area contributed by atoms with Crippen LogP contribution in [0.5, 0.6) is 0 Å². The van der Waals surface area contributed by atoms with Crippen molar-refractivity contribution in [2.75, 3.05) is 36.5 Å². The Morgan fingerprint density at radius 1 is 1.40 bits per heavy atom. The third-order valence-corrected chi connectivity index (χ3v) is 6.05. The van der Waals surface area contributed by atoms with Crippen LogP contribution in [-0.2, 0) is 0 Å². The summed E-state index contributed by atoms with van der Waals surface area (Å²) in [5.41, 5.74) is 1.06. The van der Waals surface area contributed by atoms with Gasteiger partial charge in [-0.2, -0.15) is 0 Å². The number of para-hydroxylation sites is 1. The van der Waals surface area contributed by atoms with Crippen molar-refractivity contribution in [3.05, 3.63) is 47.9 Å². The molecular formula is C20H22FN5O3S. The van der Waals surface area contributed by atoms with Crippen molar-refractivity contribution in [2.45, 2.75) is 19.1 Å². The number of nitrogens with zero attached hydrogens (tertiary/aromatic N) is 4. The van der Waals surface area contributed by atoms with Gasteiger partial charge in [0.25, 0.3) is 0 Å². The zero-order valence-corrected chi connectivity index (χ0v) is 17.1. The molecule has 1 fully saturated rings. The van der Waals surface area contributed by atoms with E-state index in [9.17, 15) is 14.3 Å². The Hall–Kier alpha value is -2.82. The van der Waals surface area contributed by atoms with Gasteiger partial charge in [-0.1, -0.05) is 23.5 Å². The molecule has 1 aromatic carbocycles. The quantitative estimate of drug-likeness (QED) is 0.587. The molecule has 1 aliphatic heterocycles. The maximum Gasteiger partial charge on any atom is 0.324 e. The number of thiazole rings is 1. The van der Waals surface area contributed by atoms with Crippen LogP contribution >= 0.6 is 11.3 Å². The van der Waals surface area contributed by atoms with Crippen LogP contribution in [0.25, 0.3) is 10.2 Å². The zero-order chi connectivity index (χ0) is 21.3. The zero-order valence-electron chi connectivity index (χ0n) is 16.3. The fourth-order valence-electron chi connectivity index (χ4n) is 3.51. The summed E-state index contributed by atoms with van der Waals surface area (Å²) in [7, 11) is 0. The minimum absolute atomic E-state index is 0.168. The number of benzene rings is 1. The van der Waals surface area contributed by atoms with Crippen molar-refractivity contribution in [3.8, 4) is 0 Å². The number of halogens is 1. The Kier molecular flexibility index (Phi) is 5.80. The van der Waals surface area contributed by atoms with Crippen molar-refractivity contribution in [1.29, 1.82) is 0 Å². The maximum atomic E-state index is 14.5. The molecule has 1 aliphatic rings. The van der Waals surface area contributed by atoms with Crippen LogP contribution in [0.3, 0.4) is 0 Å². The van der Waals surface area contributed by atoms with E-state index < -0.39 is 18.5 Å². The van der Waals surface area contributed by atoms with Gasteiger partial charge in [-0.15, -0.1) is 0 Å². The molecule has 3 aromatic rings. The SMILES string of the molecule is C[C@@H]1CN(c2ncc([C@H](O)CO)cc2F)CCN1C(=O)Nc1nc2ccccc2s1. The van der Waals surface area contributed by atoms with Crippen LogP contribution in [0.4, 0.5) is 20.1 Å². The molecule has 3 heterocycles. The molecule has 2 amide bonds. The number of aliphatic hydroxyl groups excluding tert-OH is 2. The monoisotopic (exact) mass is 431 g/mol. The Morgan fingerprint density at radius 3 is 2.90 bits per heavy atom. The van der Waals surface area contributed by atoms with Gasteiger partial charge in [0, 0.05) is 37.4 Å². The van der Waals surface area contributed by atoms with Crippen molar-refractivity contribution < 1.29 is 19.4 Å². The minimum Gasteiger partial charge on any atom is -0.393 e. The van der Waals surface area contributed by atoms with Gasteiger partial charge in [-0.3, -0.25) is 5.32 Å². The number of aliphatic hydroxyl groups is 2. The van der Waals surface area contributed by atoms with Crippen LogP contribution in [0.2, 0.25) is 0 Å². The number of pyridine rings is 1. The van der Waals surface area contributed by atoms with Crippen molar-refractivity contribution in [1.82, 2.24) is 14.9 Å². The number of piperazine rings is 1. The lowest BCUT2D eigenvalue weighted by molar-refractivity contribution is 0.0951. The molecule has 30 heavy (non-hydrogen) atoms. The van der Waals surface area contributed by atoms with Crippen LogP contribution in [0.15, 0.2) is 36.5 Å². The topological polar surface area (TPSA) is 102 Å². The number of carbonyl (C=O) groups is 1. The van der Waals surface area contributed by atoms with Crippen LogP contribution in [-0.4, -0.2) is 63.4 Å². The van der Waals surface area contributed by atoms with Gasteiger partial charge >= 0.3 is 6.03 Å². The van der Waals surface area contributed by atoms with E-state index in [2.05, 4.69) is 15.3 Å². The highest BCUT2D eigenvalue weighted by Gasteiger charge is 2.30. The molecule has 158 valence electrons. The molecular weight excluding hydrogens is 409 g/mol. The molecule has 0 bridgehead atoms. The van der Waals surface area contributed by atoms with E-state index in [1.807, 2.05) is 31.2 Å². The normalized spacial score (nSPS) is 17.9. The fraction of sp³-hybridized carbons (Fsp3) is 0.350. The standard InChI is InChI=1S/C20H22FN5O3S/c1-12-10-25(18-14(21)8-13(9-22-18)16(28)11-27)6-7-26(12)20(29)24-19-23-15-4-2-3-5-17(15)30-19/h2-5,8-9,12,16,27-28H,6-7,10-11H2,1H3,(H,23,24,29)/t12-,16-/m1/s1. The molecule has 0 radical (unpaired) electrons. The number of aromatic nitrogens is 2. The second kappa shape index (κ2) is 8.50. The predicted octanol–water partition coefficient (Wildman–Crippen LogP) is 2.60. The second-order valence-corrected chi connectivity index (χ2v) is 8.21. The Bertz CT molecular complexity index is 1030. The minimum atomic E-state index is -1.16. The van der Waals surface area contributed by atoms with Crippen molar-refractivity contribution >= 4 is 38.5 Å². The summed E-state index contributed by atoms with van der Waals surface area (Å²) in [6.45, 7) is 2.63. The van der Waals surface area contributed by atoms with Crippen molar-refractivity contribution in [3.63, 3.8) is 0 Å². The average molecular weight is 431 g/mol. The summed E-state index contributed by atoms with van der Waals surface area (Å²) in [5.74, 6) is -0.401. The predicted molar refractivity (Wildman–Crippen MR) is 113 cm³/mol. The molecule has 1 saturated heterocycles. The first-order valence-electron chi connectivity index (χ1n) is 9.58. The molecule has 10 heteroatoms. The van der Waals surface area contributed by atoms with Gasteiger partial charge < -0.3 is 20.0 Å². The Balaban J connectivity index is 1.42. The third kappa shape index (κ3) is 4.07. The molecule has 8 nitrogen and oxygen atoms in total. The van der Waals surface area contributed by atoms with E-state index in [4.69, 9.17) is 5.11 Å². The molecule has 0 unspecified atom stereocenters. The molecule has 0 spiro atoms. The van der Waals surface area contributed by atoms with E-state index in [1.54, 1.807) is 9.80 Å². The van der Waals surface area contributed by atoms with Crippen LogP contribution in [0, 0.1) is 5.82 Å². The molecule has 2 atom stereocenters. The highest BCUT2D eigenvalue weighted by atomic mass is 32.1. The van der Waals surface area contributed by atoms with E-state index in [1.165, 1.54) is 23.6 Å². The number of anilines is 2. The maximum absolute atomic E-state index is 14.5. The number of fused-ring (bicyclic) bond motifs is 1.